The van der Waals surface area contributed by atoms with Crippen molar-refractivity contribution in [3.05, 3.63) is 23.4 Å². The van der Waals surface area contributed by atoms with Crippen LogP contribution in [-0.4, -0.2) is 22.1 Å². The first-order chi connectivity index (χ1) is 9.08. The van der Waals surface area contributed by atoms with Crippen LogP contribution in [0.3, 0.4) is 0 Å². The van der Waals surface area contributed by atoms with Crippen LogP contribution < -0.4 is 5.32 Å². The summed E-state index contributed by atoms with van der Waals surface area (Å²) < 4.78 is 0. The minimum atomic E-state index is -0.891. The van der Waals surface area contributed by atoms with Crippen LogP contribution in [0.15, 0.2) is 12.1 Å². The molecule has 1 saturated carbocycles. The molecule has 0 spiro atoms. The van der Waals surface area contributed by atoms with Gasteiger partial charge in [-0.15, -0.1) is 0 Å². The fourth-order valence-corrected chi connectivity index (χ4v) is 2.58. The molecule has 4 nitrogen and oxygen atoms in total. The summed E-state index contributed by atoms with van der Waals surface area (Å²) in [4.78, 5) is 15.6. The van der Waals surface area contributed by atoms with E-state index in [-0.39, 0.29) is 0 Å². The molecule has 0 radical (unpaired) electrons. The van der Waals surface area contributed by atoms with Gasteiger partial charge in [0.25, 0.3) is 0 Å². The Hall–Kier alpha value is -1.58. The summed E-state index contributed by atoms with van der Waals surface area (Å²) in [5, 5.41) is 12.5. The fourth-order valence-electron chi connectivity index (χ4n) is 2.58. The summed E-state index contributed by atoms with van der Waals surface area (Å²) in [7, 11) is 0. The number of hydrogen-bond donors (Lipinski definition) is 2. The first kappa shape index (κ1) is 13.8. The van der Waals surface area contributed by atoms with Gasteiger partial charge < -0.3 is 10.4 Å². The number of aromatic nitrogens is 1. The maximum atomic E-state index is 11.1. The Morgan fingerprint density at radius 1 is 1.37 bits per heavy atom. The maximum Gasteiger partial charge on any atom is 0.335 e. The highest BCUT2D eigenvalue weighted by atomic mass is 16.4. The van der Waals surface area contributed by atoms with Crippen LogP contribution in [0.1, 0.15) is 55.6 Å². The molecule has 0 saturated heterocycles. The Morgan fingerprint density at radius 2 is 2.05 bits per heavy atom. The molecule has 1 aromatic heterocycles. The van der Waals surface area contributed by atoms with E-state index in [4.69, 9.17) is 5.11 Å². The lowest BCUT2D eigenvalue weighted by molar-refractivity contribution is 0.0696. The fraction of sp³-hybridized carbons (Fsp3) is 0.600. The molecule has 1 fully saturated rings. The molecular weight excluding hydrogens is 240 g/mol. The molecule has 2 rings (SSSR count). The number of nitrogens with zero attached hydrogens (tertiary/aromatic N) is 1. The average molecular weight is 262 g/mol. The van der Waals surface area contributed by atoms with E-state index in [0.29, 0.717) is 17.4 Å². The third-order valence-electron chi connectivity index (χ3n) is 3.86. The smallest absolute Gasteiger partial charge is 0.335 e. The van der Waals surface area contributed by atoms with Crippen molar-refractivity contribution in [3.63, 3.8) is 0 Å². The van der Waals surface area contributed by atoms with Gasteiger partial charge in [-0.2, -0.15) is 0 Å². The molecule has 1 heterocycles. The number of carboxylic acid groups (broad SMARTS) is 1. The standard InChI is InChI=1S/C15H22N2O2/c1-3-12-8-11(15(18)19)9-14(16-12)17-13-6-4-10(2)5-7-13/h8-10,13H,3-7H2,1-2H3,(H,16,17)(H,18,19). The predicted octanol–water partition coefficient (Wildman–Crippen LogP) is 3.33. The van der Waals surface area contributed by atoms with Gasteiger partial charge in [0.15, 0.2) is 0 Å². The number of aryl methyl sites for hydroxylation is 1. The van der Waals surface area contributed by atoms with Crippen LogP contribution in [-0.2, 0) is 6.42 Å². The second-order valence-corrected chi connectivity index (χ2v) is 5.49. The second-order valence-electron chi connectivity index (χ2n) is 5.49. The minimum Gasteiger partial charge on any atom is -0.478 e. The summed E-state index contributed by atoms with van der Waals surface area (Å²) in [6.07, 6.45) is 5.49. The van der Waals surface area contributed by atoms with E-state index in [1.165, 1.54) is 12.8 Å². The Balaban J connectivity index is 2.10. The van der Waals surface area contributed by atoms with E-state index < -0.39 is 5.97 Å². The summed E-state index contributed by atoms with van der Waals surface area (Å²) in [6.45, 7) is 4.27. The zero-order chi connectivity index (χ0) is 13.8. The van der Waals surface area contributed by atoms with Crippen LogP contribution in [0.4, 0.5) is 5.82 Å². The van der Waals surface area contributed by atoms with Crippen molar-refractivity contribution < 1.29 is 9.90 Å². The Labute approximate surface area is 114 Å². The topological polar surface area (TPSA) is 62.2 Å². The minimum absolute atomic E-state index is 0.318. The van der Waals surface area contributed by atoms with E-state index in [9.17, 15) is 4.79 Å². The number of hydrogen-bond acceptors (Lipinski definition) is 3. The maximum absolute atomic E-state index is 11.1. The molecule has 1 aliphatic rings. The van der Waals surface area contributed by atoms with Gasteiger partial charge in [-0.3, -0.25) is 0 Å². The van der Waals surface area contributed by atoms with Gasteiger partial charge in [0, 0.05) is 11.7 Å². The SMILES string of the molecule is CCc1cc(C(=O)O)cc(NC2CCC(C)CC2)n1. The van der Waals surface area contributed by atoms with Crippen LogP contribution >= 0.6 is 0 Å². The lowest BCUT2D eigenvalue weighted by Crippen LogP contribution is -2.26. The van der Waals surface area contributed by atoms with Gasteiger partial charge in [-0.25, -0.2) is 9.78 Å². The molecule has 2 N–H and O–H groups in total. The van der Waals surface area contributed by atoms with Crippen molar-refractivity contribution >= 4 is 11.8 Å². The van der Waals surface area contributed by atoms with Crippen LogP contribution in [0.5, 0.6) is 0 Å². The summed E-state index contributed by atoms with van der Waals surface area (Å²) in [5.41, 5.74) is 1.14. The summed E-state index contributed by atoms with van der Waals surface area (Å²) in [6, 6.07) is 3.72. The van der Waals surface area contributed by atoms with E-state index in [0.717, 1.165) is 30.9 Å². The number of nitrogens with one attached hydrogen (secondary N) is 1. The van der Waals surface area contributed by atoms with Crippen LogP contribution in [0, 0.1) is 5.92 Å². The highest BCUT2D eigenvalue weighted by Crippen LogP contribution is 2.26. The number of anilines is 1. The summed E-state index contributed by atoms with van der Waals surface area (Å²) in [5.74, 6) is 0.622. The van der Waals surface area contributed by atoms with E-state index in [2.05, 4.69) is 17.2 Å². The largest absolute Gasteiger partial charge is 0.478 e. The molecule has 0 aromatic carbocycles. The zero-order valence-corrected chi connectivity index (χ0v) is 11.6. The molecule has 1 aliphatic carbocycles. The Morgan fingerprint density at radius 3 is 2.63 bits per heavy atom. The molecule has 0 bridgehead atoms. The van der Waals surface area contributed by atoms with Gasteiger partial charge in [-0.05, 0) is 50.2 Å². The number of carboxylic acids is 1. The number of rotatable bonds is 4. The molecule has 1 aromatic rings. The number of pyridine rings is 1. The quantitative estimate of drug-likeness (QED) is 0.873. The third kappa shape index (κ3) is 3.69. The van der Waals surface area contributed by atoms with Gasteiger partial charge in [0.05, 0.1) is 5.56 Å². The lowest BCUT2D eigenvalue weighted by Gasteiger charge is -2.27. The van der Waals surface area contributed by atoms with Crippen molar-refractivity contribution in [1.82, 2.24) is 4.98 Å². The number of carbonyl (C=O) groups is 1. The first-order valence-corrected chi connectivity index (χ1v) is 7.09. The second kappa shape index (κ2) is 6.04. The predicted molar refractivity (Wildman–Crippen MR) is 75.6 cm³/mol. The first-order valence-electron chi connectivity index (χ1n) is 7.09. The highest BCUT2D eigenvalue weighted by molar-refractivity contribution is 5.88. The summed E-state index contributed by atoms with van der Waals surface area (Å²) >= 11 is 0. The van der Waals surface area contributed by atoms with Crippen LogP contribution in [0.25, 0.3) is 0 Å². The zero-order valence-electron chi connectivity index (χ0n) is 11.6. The molecule has 104 valence electrons. The van der Waals surface area contributed by atoms with E-state index >= 15 is 0 Å². The van der Waals surface area contributed by atoms with Crippen molar-refractivity contribution in [3.8, 4) is 0 Å². The molecule has 4 heteroatoms. The van der Waals surface area contributed by atoms with Crippen LogP contribution in [0.2, 0.25) is 0 Å². The van der Waals surface area contributed by atoms with E-state index in [1.54, 1.807) is 12.1 Å². The third-order valence-corrected chi connectivity index (χ3v) is 3.86. The molecule has 19 heavy (non-hydrogen) atoms. The van der Waals surface area contributed by atoms with Crippen molar-refractivity contribution in [2.24, 2.45) is 5.92 Å². The van der Waals surface area contributed by atoms with Crippen molar-refractivity contribution in [2.75, 3.05) is 5.32 Å². The van der Waals surface area contributed by atoms with Crippen molar-refractivity contribution in [2.45, 2.75) is 52.0 Å². The molecule has 0 unspecified atom stereocenters. The normalized spacial score (nSPS) is 23.1. The Bertz CT molecular complexity index is 451. The van der Waals surface area contributed by atoms with Gasteiger partial charge in [-0.1, -0.05) is 13.8 Å². The monoisotopic (exact) mass is 262 g/mol. The number of aromatic carboxylic acids is 1. The molecular formula is C15H22N2O2. The average Bonchev–Trinajstić information content (AvgIpc) is 2.41. The highest BCUT2D eigenvalue weighted by Gasteiger charge is 2.19. The van der Waals surface area contributed by atoms with Gasteiger partial charge in [0.2, 0.25) is 0 Å². The molecule has 0 amide bonds. The van der Waals surface area contributed by atoms with Crippen molar-refractivity contribution in [1.29, 1.82) is 0 Å². The lowest BCUT2D eigenvalue weighted by atomic mass is 9.87. The Kier molecular flexibility index (Phi) is 4.40. The van der Waals surface area contributed by atoms with E-state index in [1.807, 2.05) is 6.92 Å². The molecule has 0 aliphatic heterocycles. The van der Waals surface area contributed by atoms with Gasteiger partial charge in [0.1, 0.15) is 5.82 Å². The van der Waals surface area contributed by atoms with Gasteiger partial charge >= 0.3 is 5.97 Å². The molecule has 0 atom stereocenters.